The minimum absolute atomic E-state index is 0.0916. The fourth-order valence-electron chi connectivity index (χ4n) is 1.80. The van der Waals surface area contributed by atoms with E-state index in [1.807, 2.05) is 13.8 Å². The standard InChI is InChI=1S/C13H21ClN2O3S/c1-9(2)16(4)20(17,18)12-7-11(14)6-10(8-15-3)13(12)19-5/h6-7,9,15H,8H2,1-5H3. The molecule has 0 saturated carbocycles. The highest BCUT2D eigenvalue weighted by molar-refractivity contribution is 7.89. The van der Waals surface area contributed by atoms with Crippen LogP contribution in [0.1, 0.15) is 19.4 Å². The molecule has 0 aliphatic carbocycles. The van der Waals surface area contributed by atoms with E-state index in [-0.39, 0.29) is 10.9 Å². The molecule has 5 nitrogen and oxygen atoms in total. The molecule has 1 aromatic carbocycles. The maximum atomic E-state index is 12.6. The van der Waals surface area contributed by atoms with E-state index in [0.29, 0.717) is 22.9 Å². The van der Waals surface area contributed by atoms with Crippen molar-refractivity contribution < 1.29 is 13.2 Å². The molecule has 1 aromatic rings. The zero-order chi connectivity index (χ0) is 15.5. The smallest absolute Gasteiger partial charge is 0.246 e. The molecule has 0 bridgehead atoms. The Bertz CT molecular complexity index is 573. The fourth-order valence-corrected chi connectivity index (χ4v) is 3.70. The second-order valence-corrected chi connectivity index (χ2v) is 7.14. The average Bonchev–Trinajstić information content (AvgIpc) is 2.37. The molecule has 0 spiro atoms. The first-order chi connectivity index (χ1) is 9.25. The van der Waals surface area contributed by atoms with Crippen LogP contribution in [-0.4, -0.2) is 40.0 Å². The number of sulfonamides is 1. The number of rotatable bonds is 6. The van der Waals surface area contributed by atoms with Gasteiger partial charge in [0.2, 0.25) is 10.0 Å². The highest BCUT2D eigenvalue weighted by atomic mass is 35.5. The van der Waals surface area contributed by atoms with Crippen molar-refractivity contribution in [3.8, 4) is 5.75 Å². The highest BCUT2D eigenvalue weighted by Gasteiger charge is 2.28. The second kappa shape index (κ2) is 6.76. The molecule has 1 rings (SSSR count). The van der Waals surface area contributed by atoms with E-state index in [1.165, 1.54) is 24.5 Å². The summed E-state index contributed by atoms with van der Waals surface area (Å²) in [5, 5.41) is 3.34. The summed E-state index contributed by atoms with van der Waals surface area (Å²) in [4.78, 5) is 0.0916. The maximum absolute atomic E-state index is 12.6. The van der Waals surface area contributed by atoms with Crippen molar-refractivity contribution in [2.24, 2.45) is 0 Å². The summed E-state index contributed by atoms with van der Waals surface area (Å²) in [6.07, 6.45) is 0. The third-order valence-corrected chi connectivity index (χ3v) is 5.31. The predicted octanol–water partition coefficient (Wildman–Crippen LogP) is 2.10. The zero-order valence-electron chi connectivity index (χ0n) is 12.4. The molecule has 0 heterocycles. The van der Waals surface area contributed by atoms with Crippen LogP contribution in [0.3, 0.4) is 0 Å². The molecule has 0 atom stereocenters. The van der Waals surface area contributed by atoms with Crippen molar-refractivity contribution in [3.63, 3.8) is 0 Å². The lowest BCUT2D eigenvalue weighted by Crippen LogP contribution is -2.33. The summed E-state index contributed by atoms with van der Waals surface area (Å²) < 4.78 is 31.8. The summed E-state index contributed by atoms with van der Waals surface area (Å²) in [6.45, 7) is 4.09. The van der Waals surface area contributed by atoms with Gasteiger partial charge in [-0.05, 0) is 33.0 Å². The van der Waals surface area contributed by atoms with Gasteiger partial charge in [-0.25, -0.2) is 8.42 Å². The van der Waals surface area contributed by atoms with Gasteiger partial charge in [-0.2, -0.15) is 4.31 Å². The van der Waals surface area contributed by atoms with Gasteiger partial charge in [-0.1, -0.05) is 11.6 Å². The number of methoxy groups -OCH3 is 1. The van der Waals surface area contributed by atoms with Crippen LogP contribution in [0.2, 0.25) is 5.02 Å². The number of benzene rings is 1. The first-order valence-electron chi connectivity index (χ1n) is 6.24. The van der Waals surface area contributed by atoms with Crippen molar-refractivity contribution in [3.05, 3.63) is 22.7 Å². The van der Waals surface area contributed by atoms with Gasteiger partial charge in [0, 0.05) is 30.2 Å². The number of nitrogens with zero attached hydrogens (tertiary/aromatic N) is 1. The van der Waals surface area contributed by atoms with Crippen molar-refractivity contribution in [1.29, 1.82) is 0 Å². The van der Waals surface area contributed by atoms with Gasteiger partial charge < -0.3 is 10.1 Å². The molecule has 0 radical (unpaired) electrons. The zero-order valence-corrected chi connectivity index (χ0v) is 14.0. The lowest BCUT2D eigenvalue weighted by Gasteiger charge is -2.23. The largest absolute Gasteiger partial charge is 0.495 e. The molecule has 20 heavy (non-hydrogen) atoms. The van der Waals surface area contributed by atoms with E-state index in [4.69, 9.17) is 16.3 Å². The maximum Gasteiger partial charge on any atom is 0.246 e. The molecule has 0 amide bonds. The summed E-state index contributed by atoms with van der Waals surface area (Å²) in [6, 6.07) is 2.97. The SMILES string of the molecule is CNCc1cc(Cl)cc(S(=O)(=O)N(C)C(C)C)c1OC. The Morgan fingerprint density at radius 2 is 2.00 bits per heavy atom. The van der Waals surface area contributed by atoms with E-state index in [0.717, 1.165) is 0 Å². The molecule has 0 aliphatic heterocycles. The summed E-state index contributed by atoms with van der Waals surface area (Å²) in [5.41, 5.74) is 0.707. The predicted molar refractivity (Wildman–Crippen MR) is 80.9 cm³/mol. The number of ether oxygens (including phenoxy) is 1. The van der Waals surface area contributed by atoms with Gasteiger partial charge in [-0.3, -0.25) is 0 Å². The van der Waals surface area contributed by atoms with Crippen LogP contribution in [0.25, 0.3) is 0 Å². The van der Waals surface area contributed by atoms with Crippen LogP contribution in [0.5, 0.6) is 5.75 Å². The Hall–Kier alpha value is -0.820. The van der Waals surface area contributed by atoms with E-state index in [9.17, 15) is 8.42 Å². The quantitative estimate of drug-likeness (QED) is 0.872. The number of halogens is 1. The van der Waals surface area contributed by atoms with Crippen LogP contribution in [-0.2, 0) is 16.6 Å². The average molecular weight is 321 g/mol. The van der Waals surface area contributed by atoms with Crippen molar-refractivity contribution in [2.45, 2.75) is 31.3 Å². The highest BCUT2D eigenvalue weighted by Crippen LogP contribution is 2.33. The molecule has 0 unspecified atom stereocenters. The van der Waals surface area contributed by atoms with Gasteiger partial charge in [0.15, 0.2) is 0 Å². The Kier molecular flexibility index (Phi) is 5.82. The van der Waals surface area contributed by atoms with Crippen molar-refractivity contribution in [1.82, 2.24) is 9.62 Å². The molecule has 1 N–H and O–H groups in total. The second-order valence-electron chi connectivity index (χ2n) is 4.74. The third-order valence-electron chi connectivity index (χ3n) is 3.05. The molecule has 0 fully saturated rings. The monoisotopic (exact) mass is 320 g/mol. The van der Waals surface area contributed by atoms with Gasteiger partial charge in [0.1, 0.15) is 10.6 Å². The van der Waals surface area contributed by atoms with Crippen molar-refractivity contribution >= 4 is 21.6 Å². The van der Waals surface area contributed by atoms with Gasteiger partial charge in [0.05, 0.1) is 7.11 Å². The Labute approximate surface area is 125 Å². The lowest BCUT2D eigenvalue weighted by atomic mass is 10.2. The number of hydrogen-bond donors (Lipinski definition) is 1. The lowest BCUT2D eigenvalue weighted by molar-refractivity contribution is 0.383. The Morgan fingerprint density at radius 1 is 1.40 bits per heavy atom. The Balaban J connectivity index is 3.51. The van der Waals surface area contributed by atoms with E-state index >= 15 is 0 Å². The van der Waals surface area contributed by atoms with Gasteiger partial charge in [0.25, 0.3) is 0 Å². The molecular weight excluding hydrogens is 300 g/mol. The summed E-state index contributed by atoms with van der Waals surface area (Å²) >= 11 is 6.04. The molecule has 0 aliphatic rings. The fraction of sp³-hybridized carbons (Fsp3) is 0.538. The van der Waals surface area contributed by atoms with Crippen LogP contribution in [0.4, 0.5) is 0 Å². The topological polar surface area (TPSA) is 58.6 Å². The van der Waals surface area contributed by atoms with Gasteiger partial charge >= 0.3 is 0 Å². The molecular formula is C13H21ClN2O3S. The normalized spacial score (nSPS) is 12.2. The number of hydrogen-bond acceptors (Lipinski definition) is 4. The van der Waals surface area contributed by atoms with Crippen LogP contribution < -0.4 is 10.1 Å². The van der Waals surface area contributed by atoms with Gasteiger partial charge in [-0.15, -0.1) is 0 Å². The summed E-state index contributed by atoms with van der Waals surface area (Å²) in [5.74, 6) is 0.330. The van der Waals surface area contributed by atoms with Crippen LogP contribution in [0.15, 0.2) is 17.0 Å². The minimum atomic E-state index is -3.65. The molecule has 7 heteroatoms. The Morgan fingerprint density at radius 3 is 2.45 bits per heavy atom. The van der Waals surface area contributed by atoms with Crippen LogP contribution >= 0.6 is 11.6 Å². The summed E-state index contributed by atoms with van der Waals surface area (Å²) in [7, 11) is 1.12. The first kappa shape index (κ1) is 17.2. The van der Waals surface area contributed by atoms with Crippen molar-refractivity contribution in [2.75, 3.05) is 21.2 Å². The van der Waals surface area contributed by atoms with E-state index in [1.54, 1.807) is 13.1 Å². The number of nitrogens with one attached hydrogen (secondary N) is 1. The van der Waals surface area contributed by atoms with Crippen LogP contribution in [0, 0.1) is 0 Å². The van der Waals surface area contributed by atoms with E-state index in [2.05, 4.69) is 5.32 Å². The minimum Gasteiger partial charge on any atom is -0.495 e. The van der Waals surface area contributed by atoms with E-state index < -0.39 is 10.0 Å². The molecule has 114 valence electrons. The first-order valence-corrected chi connectivity index (χ1v) is 8.06. The third kappa shape index (κ3) is 3.44. The molecule has 0 aromatic heterocycles. The molecule has 0 saturated heterocycles.